The summed E-state index contributed by atoms with van der Waals surface area (Å²) >= 11 is 0. The Morgan fingerprint density at radius 3 is 2.55 bits per heavy atom. The van der Waals surface area contributed by atoms with Crippen LogP contribution in [0, 0.1) is 0 Å². The number of phenols is 1. The smallest absolute Gasteiger partial charge is 0.273 e. The number of aromatic hydroxyl groups is 1. The van der Waals surface area contributed by atoms with E-state index in [0.29, 0.717) is 29.2 Å². The third-order valence-electron chi connectivity index (χ3n) is 5.93. The number of H-pyrrole nitrogens is 1. The normalized spacial score (nSPS) is 15.0. The molecule has 1 atom stereocenters. The molecule has 1 amide bonds. The van der Waals surface area contributed by atoms with Crippen LogP contribution in [0.3, 0.4) is 0 Å². The van der Waals surface area contributed by atoms with Crippen LogP contribution >= 0.6 is 0 Å². The Labute approximate surface area is 192 Å². The van der Waals surface area contributed by atoms with Crippen molar-refractivity contribution in [3.63, 3.8) is 0 Å². The van der Waals surface area contributed by atoms with Gasteiger partial charge in [-0.3, -0.25) is 9.89 Å². The van der Waals surface area contributed by atoms with Crippen LogP contribution in [0.15, 0.2) is 78.9 Å². The Morgan fingerprint density at radius 1 is 1.00 bits per heavy atom. The summed E-state index contributed by atoms with van der Waals surface area (Å²) in [5.41, 5.74) is 3.39. The van der Waals surface area contributed by atoms with Gasteiger partial charge in [0.15, 0.2) is 0 Å². The molecule has 33 heavy (non-hydrogen) atoms. The molecule has 1 aromatic heterocycles. The Balaban J connectivity index is 1.60. The number of amides is 1. The number of hydrogen-bond acceptors (Lipinski definition) is 4. The highest BCUT2D eigenvalue weighted by Gasteiger charge is 2.42. The maximum atomic E-state index is 13.4. The number of fused-ring (bicyclic) bond motifs is 1. The van der Waals surface area contributed by atoms with Crippen LogP contribution in [-0.4, -0.2) is 32.7 Å². The minimum absolute atomic E-state index is 0.0769. The van der Waals surface area contributed by atoms with Gasteiger partial charge in [0.1, 0.15) is 28.6 Å². The van der Waals surface area contributed by atoms with Crippen molar-refractivity contribution in [3.05, 3.63) is 95.7 Å². The quantitative estimate of drug-likeness (QED) is 0.375. The second-order valence-corrected chi connectivity index (χ2v) is 8.12. The molecule has 1 aliphatic rings. The highest BCUT2D eigenvalue weighted by molar-refractivity contribution is 6.00. The summed E-state index contributed by atoms with van der Waals surface area (Å²) in [7, 11) is 0. The van der Waals surface area contributed by atoms with Gasteiger partial charge in [-0.05, 0) is 48.4 Å². The molecule has 6 nitrogen and oxygen atoms in total. The van der Waals surface area contributed by atoms with E-state index in [1.54, 1.807) is 12.1 Å². The summed E-state index contributed by atoms with van der Waals surface area (Å²) in [5.74, 6) is 1.50. The zero-order valence-electron chi connectivity index (χ0n) is 18.4. The number of para-hydroxylation sites is 2. The zero-order valence-corrected chi connectivity index (χ0v) is 18.4. The van der Waals surface area contributed by atoms with Gasteiger partial charge in [-0.15, -0.1) is 0 Å². The molecule has 0 saturated heterocycles. The second-order valence-electron chi connectivity index (χ2n) is 8.12. The van der Waals surface area contributed by atoms with Crippen molar-refractivity contribution in [3.8, 4) is 28.5 Å². The lowest BCUT2D eigenvalue weighted by Crippen LogP contribution is -2.30. The van der Waals surface area contributed by atoms with Gasteiger partial charge in [0, 0.05) is 17.7 Å². The number of hydrogen-bond donors (Lipinski definition) is 2. The molecule has 5 rings (SSSR count). The zero-order chi connectivity index (χ0) is 22.8. The largest absolute Gasteiger partial charge is 0.507 e. The van der Waals surface area contributed by atoms with E-state index in [-0.39, 0.29) is 17.7 Å². The Kier molecular flexibility index (Phi) is 5.57. The Bertz CT molecular complexity index is 1280. The molecule has 0 bridgehead atoms. The van der Waals surface area contributed by atoms with E-state index in [4.69, 9.17) is 4.74 Å². The van der Waals surface area contributed by atoms with Crippen molar-refractivity contribution < 1.29 is 14.6 Å². The van der Waals surface area contributed by atoms with Crippen molar-refractivity contribution in [1.82, 2.24) is 15.1 Å². The van der Waals surface area contributed by atoms with Crippen molar-refractivity contribution >= 4 is 5.91 Å². The summed E-state index contributed by atoms with van der Waals surface area (Å²) in [5, 5.41) is 17.9. The summed E-state index contributed by atoms with van der Waals surface area (Å²) in [6, 6.07) is 24.2. The molecule has 3 aromatic carbocycles. The maximum absolute atomic E-state index is 13.4. The minimum atomic E-state index is -0.327. The number of unbranched alkanes of at least 4 members (excludes halogenated alkanes) is 1. The van der Waals surface area contributed by atoms with Gasteiger partial charge in [-0.25, -0.2) is 0 Å². The SMILES string of the molecule is CCCCN1C(=O)c2[nH]nc(-c3ccccc3O)c2C1c1cccc(Oc2ccccc2)c1. The minimum Gasteiger partial charge on any atom is -0.507 e. The fourth-order valence-corrected chi connectivity index (χ4v) is 4.35. The van der Waals surface area contributed by atoms with Gasteiger partial charge >= 0.3 is 0 Å². The van der Waals surface area contributed by atoms with Crippen molar-refractivity contribution in [1.29, 1.82) is 0 Å². The molecule has 1 aliphatic heterocycles. The molecule has 166 valence electrons. The summed E-state index contributed by atoms with van der Waals surface area (Å²) in [6.07, 6.45) is 1.87. The molecular formula is C27H25N3O3. The molecule has 2 heterocycles. The first kappa shape index (κ1) is 20.8. The fraction of sp³-hybridized carbons (Fsp3) is 0.185. The number of phenolic OH excluding ortho intramolecular Hbond substituents is 1. The molecular weight excluding hydrogens is 414 g/mol. The summed E-state index contributed by atoms with van der Waals surface area (Å²) in [4.78, 5) is 15.2. The fourth-order valence-electron chi connectivity index (χ4n) is 4.35. The number of carbonyl (C=O) groups is 1. The Hall–Kier alpha value is -4.06. The molecule has 1 unspecified atom stereocenters. The molecule has 2 N–H and O–H groups in total. The molecule has 6 heteroatoms. The molecule has 0 aliphatic carbocycles. The van der Waals surface area contributed by atoms with Crippen LogP contribution in [0.1, 0.15) is 47.4 Å². The molecule has 0 radical (unpaired) electrons. The van der Waals surface area contributed by atoms with E-state index in [0.717, 1.165) is 29.7 Å². The first-order valence-electron chi connectivity index (χ1n) is 11.2. The molecule has 0 fully saturated rings. The number of aromatic amines is 1. The topological polar surface area (TPSA) is 78.5 Å². The van der Waals surface area contributed by atoms with E-state index >= 15 is 0 Å². The highest BCUT2D eigenvalue weighted by atomic mass is 16.5. The van der Waals surface area contributed by atoms with E-state index in [2.05, 4.69) is 17.1 Å². The monoisotopic (exact) mass is 439 g/mol. The number of nitrogens with one attached hydrogen (secondary N) is 1. The van der Waals surface area contributed by atoms with Gasteiger partial charge in [-0.2, -0.15) is 5.10 Å². The van der Waals surface area contributed by atoms with Crippen LogP contribution in [0.25, 0.3) is 11.3 Å². The predicted molar refractivity (Wildman–Crippen MR) is 126 cm³/mol. The van der Waals surface area contributed by atoms with Crippen molar-refractivity contribution in [2.75, 3.05) is 6.54 Å². The summed E-state index contributed by atoms with van der Waals surface area (Å²) in [6.45, 7) is 2.74. The van der Waals surface area contributed by atoms with Crippen LogP contribution in [0.5, 0.6) is 17.2 Å². The second kappa shape index (κ2) is 8.82. The number of ether oxygens (including phenoxy) is 1. The lowest BCUT2D eigenvalue weighted by atomic mass is 9.95. The lowest BCUT2D eigenvalue weighted by Gasteiger charge is -2.26. The average Bonchev–Trinajstić information content (AvgIpc) is 3.37. The van der Waals surface area contributed by atoms with Gasteiger partial charge < -0.3 is 14.7 Å². The van der Waals surface area contributed by atoms with Gasteiger partial charge in [0.25, 0.3) is 5.91 Å². The number of rotatable bonds is 7. The third kappa shape index (κ3) is 3.84. The van der Waals surface area contributed by atoms with Crippen LogP contribution < -0.4 is 4.74 Å². The number of benzene rings is 3. The van der Waals surface area contributed by atoms with Crippen molar-refractivity contribution in [2.45, 2.75) is 25.8 Å². The van der Waals surface area contributed by atoms with Gasteiger partial charge in [0.2, 0.25) is 0 Å². The van der Waals surface area contributed by atoms with Crippen LogP contribution in [0.4, 0.5) is 0 Å². The highest BCUT2D eigenvalue weighted by Crippen LogP contribution is 2.45. The maximum Gasteiger partial charge on any atom is 0.273 e. The standard InChI is InChI=1S/C27H25N3O3/c1-2-3-16-30-26(18-10-9-13-20(17-18)33-19-11-5-4-6-12-19)23-24(28-29-25(23)27(30)32)21-14-7-8-15-22(21)31/h4-15,17,26,31H,2-3,16H2,1H3,(H,28,29). The van der Waals surface area contributed by atoms with Crippen molar-refractivity contribution in [2.24, 2.45) is 0 Å². The number of carbonyl (C=O) groups excluding carboxylic acids is 1. The average molecular weight is 440 g/mol. The lowest BCUT2D eigenvalue weighted by molar-refractivity contribution is 0.0741. The first-order chi connectivity index (χ1) is 16.2. The third-order valence-corrected chi connectivity index (χ3v) is 5.93. The number of aromatic nitrogens is 2. The predicted octanol–water partition coefficient (Wildman–Crippen LogP) is 5.92. The van der Waals surface area contributed by atoms with E-state index in [1.807, 2.05) is 71.6 Å². The molecule has 0 spiro atoms. The van der Waals surface area contributed by atoms with Gasteiger partial charge in [0.05, 0.1) is 6.04 Å². The van der Waals surface area contributed by atoms with E-state index in [1.165, 1.54) is 0 Å². The van der Waals surface area contributed by atoms with E-state index in [9.17, 15) is 9.90 Å². The van der Waals surface area contributed by atoms with Crippen LogP contribution in [-0.2, 0) is 0 Å². The van der Waals surface area contributed by atoms with E-state index < -0.39 is 0 Å². The van der Waals surface area contributed by atoms with Gasteiger partial charge in [-0.1, -0.05) is 55.8 Å². The summed E-state index contributed by atoms with van der Waals surface area (Å²) < 4.78 is 6.06. The molecule has 4 aromatic rings. The number of nitrogens with zero attached hydrogens (tertiary/aromatic N) is 2. The molecule has 0 saturated carbocycles. The Morgan fingerprint density at radius 2 is 1.76 bits per heavy atom. The first-order valence-corrected chi connectivity index (χ1v) is 11.2. The van der Waals surface area contributed by atoms with Crippen LogP contribution in [0.2, 0.25) is 0 Å².